The quantitative estimate of drug-likeness (QED) is 0.553. The first-order valence-corrected chi connectivity index (χ1v) is 9.48. The number of nitrogens with two attached hydrogens (primary N) is 1. The number of aromatic amines is 1. The molecule has 0 radical (unpaired) electrons. The van der Waals surface area contributed by atoms with E-state index in [1.54, 1.807) is 0 Å². The Balaban J connectivity index is 1.72. The van der Waals surface area contributed by atoms with Gasteiger partial charge in [0.1, 0.15) is 0 Å². The lowest BCUT2D eigenvalue weighted by Gasteiger charge is -2.35. The van der Waals surface area contributed by atoms with Crippen LogP contribution in [0.5, 0.6) is 0 Å². The SMILES string of the molecule is Nc1nc(N2CCC(C(NS(=O)O)c3cccc(Br)c3)CC2)n[nH]1. The van der Waals surface area contributed by atoms with Crippen molar-refractivity contribution in [2.24, 2.45) is 5.92 Å². The summed E-state index contributed by atoms with van der Waals surface area (Å²) < 4.78 is 24.4. The van der Waals surface area contributed by atoms with Gasteiger partial charge in [0, 0.05) is 23.6 Å². The van der Waals surface area contributed by atoms with Gasteiger partial charge in [0.05, 0.1) is 0 Å². The third-order valence-corrected chi connectivity index (χ3v) is 5.17. The molecule has 1 aliphatic rings. The number of nitrogens with zero attached hydrogens (tertiary/aromatic N) is 3. The fourth-order valence-corrected chi connectivity index (χ4v) is 4.05. The van der Waals surface area contributed by atoms with Crippen LogP contribution in [-0.2, 0) is 11.3 Å². The molecule has 1 aromatic carbocycles. The van der Waals surface area contributed by atoms with Gasteiger partial charge in [-0.15, -0.1) is 5.10 Å². The van der Waals surface area contributed by atoms with E-state index in [0.29, 0.717) is 11.9 Å². The number of benzene rings is 1. The van der Waals surface area contributed by atoms with Gasteiger partial charge in [-0.25, -0.2) is 14.0 Å². The highest BCUT2D eigenvalue weighted by Crippen LogP contribution is 2.33. The Morgan fingerprint density at radius 3 is 2.79 bits per heavy atom. The van der Waals surface area contributed by atoms with Crippen molar-refractivity contribution in [2.75, 3.05) is 23.7 Å². The molecule has 2 aromatic rings. The van der Waals surface area contributed by atoms with Crippen LogP contribution in [0, 0.1) is 5.92 Å². The van der Waals surface area contributed by atoms with E-state index in [2.05, 4.69) is 40.7 Å². The fraction of sp³-hybridized carbons (Fsp3) is 0.429. The number of nitrogens with one attached hydrogen (secondary N) is 2. The summed E-state index contributed by atoms with van der Waals surface area (Å²) in [6.07, 6.45) is 1.71. The minimum Gasteiger partial charge on any atom is -0.368 e. The molecule has 3 rings (SSSR count). The van der Waals surface area contributed by atoms with Crippen LogP contribution in [0.2, 0.25) is 0 Å². The molecule has 1 fully saturated rings. The molecule has 2 unspecified atom stereocenters. The number of hydrogen-bond acceptors (Lipinski definition) is 5. The van der Waals surface area contributed by atoms with Crippen LogP contribution in [0.25, 0.3) is 0 Å². The molecular formula is C14H19BrN6O2S. The summed E-state index contributed by atoms with van der Waals surface area (Å²) in [7, 11) is 0. The number of H-pyrrole nitrogens is 1. The van der Waals surface area contributed by atoms with Gasteiger partial charge in [0.25, 0.3) is 0 Å². The first kappa shape index (κ1) is 17.3. The summed E-state index contributed by atoms with van der Waals surface area (Å²) in [5, 5.41) is 6.72. The van der Waals surface area contributed by atoms with E-state index >= 15 is 0 Å². The van der Waals surface area contributed by atoms with E-state index < -0.39 is 11.3 Å². The highest BCUT2D eigenvalue weighted by Gasteiger charge is 2.30. The molecule has 2 atom stereocenters. The monoisotopic (exact) mass is 414 g/mol. The number of aromatic nitrogens is 3. The molecule has 0 amide bonds. The maximum Gasteiger partial charge on any atom is 0.246 e. The second-order valence-corrected chi connectivity index (χ2v) is 7.39. The fourth-order valence-electron chi connectivity index (χ4n) is 3.08. The lowest BCUT2D eigenvalue weighted by molar-refractivity contribution is 0.323. The van der Waals surface area contributed by atoms with E-state index in [-0.39, 0.29) is 12.0 Å². The van der Waals surface area contributed by atoms with E-state index in [0.717, 1.165) is 36.0 Å². The van der Waals surface area contributed by atoms with Gasteiger partial charge in [-0.05, 0) is 36.5 Å². The normalized spacial score (nSPS) is 18.5. The molecule has 24 heavy (non-hydrogen) atoms. The maximum absolute atomic E-state index is 11.3. The first-order valence-electron chi connectivity index (χ1n) is 7.58. The van der Waals surface area contributed by atoms with Gasteiger partial charge in [0.15, 0.2) is 0 Å². The van der Waals surface area contributed by atoms with Crippen molar-refractivity contribution in [1.29, 1.82) is 0 Å². The summed E-state index contributed by atoms with van der Waals surface area (Å²) in [5.41, 5.74) is 6.57. The van der Waals surface area contributed by atoms with Crippen LogP contribution < -0.4 is 15.4 Å². The number of nitrogen functional groups attached to an aromatic ring is 1. The number of piperidine rings is 1. The third-order valence-electron chi connectivity index (χ3n) is 4.22. The maximum atomic E-state index is 11.3. The summed E-state index contributed by atoms with van der Waals surface area (Å²) >= 11 is 1.39. The minimum atomic E-state index is -2.07. The van der Waals surface area contributed by atoms with Gasteiger partial charge >= 0.3 is 0 Å². The Hall–Kier alpha value is -1.49. The lowest BCUT2D eigenvalue weighted by atomic mass is 9.86. The molecule has 1 aliphatic heterocycles. The van der Waals surface area contributed by atoms with Gasteiger partial charge in [0.2, 0.25) is 23.2 Å². The van der Waals surface area contributed by atoms with Crippen molar-refractivity contribution in [3.63, 3.8) is 0 Å². The van der Waals surface area contributed by atoms with Crippen molar-refractivity contribution in [3.05, 3.63) is 34.3 Å². The van der Waals surface area contributed by atoms with Crippen molar-refractivity contribution in [2.45, 2.75) is 18.9 Å². The van der Waals surface area contributed by atoms with E-state index in [4.69, 9.17) is 5.73 Å². The topological polar surface area (TPSA) is 120 Å². The van der Waals surface area contributed by atoms with Crippen LogP contribution >= 0.6 is 15.9 Å². The zero-order valence-electron chi connectivity index (χ0n) is 12.9. The molecule has 0 aliphatic carbocycles. The Kier molecular flexibility index (Phi) is 5.49. The van der Waals surface area contributed by atoms with Crippen LogP contribution in [0.3, 0.4) is 0 Å². The highest BCUT2D eigenvalue weighted by molar-refractivity contribution is 9.10. The molecule has 8 nitrogen and oxygen atoms in total. The van der Waals surface area contributed by atoms with Crippen LogP contribution in [0.4, 0.5) is 11.9 Å². The molecule has 10 heteroatoms. The summed E-state index contributed by atoms with van der Waals surface area (Å²) in [4.78, 5) is 6.22. The van der Waals surface area contributed by atoms with E-state index in [1.165, 1.54) is 0 Å². The largest absolute Gasteiger partial charge is 0.368 e. The van der Waals surface area contributed by atoms with Gasteiger partial charge in [-0.1, -0.05) is 28.1 Å². The molecule has 5 N–H and O–H groups in total. The van der Waals surface area contributed by atoms with E-state index in [1.807, 2.05) is 24.3 Å². The molecule has 1 saturated heterocycles. The average Bonchev–Trinajstić information content (AvgIpc) is 2.99. The van der Waals surface area contributed by atoms with Crippen LogP contribution in [0.15, 0.2) is 28.7 Å². The molecule has 130 valence electrons. The Morgan fingerprint density at radius 2 is 2.21 bits per heavy atom. The average molecular weight is 415 g/mol. The van der Waals surface area contributed by atoms with Gasteiger partial charge in [-0.3, -0.25) is 4.55 Å². The second kappa shape index (κ2) is 7.60. The predicted molar refractivity (Wildman–Crippen MR) is 96.5 cm³/mol. The Bertz CT molecular complexity index is 719. The van der Waals surface area contributed by atoms with Crippen molar-refractivity contribution in [3.8, 4) is 0 Å². The number of anilines is 2. The molecule has 0 bridgehead atoms. The summed E-state index contributed by atoms with van der Waals surface area (Å²) in [6, 6.07) is 7.63. The lowest BCUT2D eigenvalue weighted by Crippen LogP contribution is -2.40. The molecule has 2 heterocycles. The first-order chi connectivity index (χ1) is 11.5. The van der Waals surface area contributed by atoms with Crippen LogP contribution in [-0.4, -0.2) is 37.0 Å². The Morgan fingerprint density at radius 1 is 1.46 bits per heavy atom. The number of hydrogen-bond donors (Lipinski definition) is 4. The number of rotatable bonds is 5. The van der Waals surface area contributed by atoms with Crippen molar-refractivity contribution in [1.82, 2.24) is 19.9 Å². The number of halogens is 1. The van der Waals surface area contributed by atoms with Crippen molar-refractivity contribution >= 4 is 39.1 Å². The zero-order valence-corrected chi connectivity index (χ0v) is 15.3. The van der Waals surface area contributed by atoms with Gasteiger partial charge in [-0.2, -0.15) is 4.98 Å². The molecule has 0 saturated carbocycles. The zero-order chi connectivity index (χ0) is 17.1. The minimum absolute atomic E-state index is 0.187. The standard InChI is InChI=1S/C14H19BrN6O2S/c15-11-3-1-2-10(8-11)12(20-24(22)23)9-4-6-21(7-5-9)14-17-13(16)18-19-14/h1-3,8-9,12,20H,4-7H2,(H,22,23)(H3,16,17,18,19). The van der Waals surface area contributed by atoms with Crippen LogP contribution in [0.1, 0.15) is 24.4 Å². The predicted octanol–water partition coefficient (Wildman–Crippen LogP) is 1.83. The van der Waals surface area contributed by atoms with E-state index in [9.17, 15) is 8.76 Å². The van der Waals surface area contributed by atoms with Gasteiger partial charge < -0.3 is 10.6 Å². The molecule has 1 aromatic heterocycles. The molecular weight excluding hydrogens is 396 g/mol. The summed E-state index contributed by atoms with van der Waals surface area (Å²) in [5.74, 6) is 1.14. The molecule has 0 spiro atoms. The third kappa shape index (κ3) is 4.12. The Labute approximate surface area is 150 Å². The highest BCUT2D eigenvalue weighted by atomic mass is 79.9. The smallest absolute Gasteiger partial charge is 0.246 e. The second-order valence-electron chi connectivity index (χ2n) is 5.74. The summed E-state index contributed by atoms with van der Waals surface area (Å²) in [6.45, 7) is 1.54. The van der Waals surface area contributed by atoms with Crippen molar-refractivity contribution < 1.29 is 8.76 Å².